The maximum atomic E-state index is 11.3. The third kappa shape index (κ3) is 4.03. The molecule has 0 bridgehead atoms. The Morgan fingerprint density at radius 1 is 1.19 bits per heavy atom. The van der Waals surface area contributed by atoms with Crippen LogP contribution in [0.2, 0.25) is 0 Å². The lowest BCUT2D eigenvalue weighted by Crippen LogP contribution is -2.09. The van der Waals surface area contributed by atoms with Crippen LogP contribution in [0.4, 0.5) is 0 Å². The topological polar surface area (TPSA) is 80.9 Å². The molecule has 0 unspecified atom stereocenters. The van der Waals surface area contributed by atoms with E-state index in [-0.39, 0.29) is 11.5 Å². The first-order chi connectivity index (χ1) is 12.5. The normalized spacial score (nSPS) is 11.3. The molecule has 0 amide bonds. The van der Waals surface area contributed by atoms with Crippen molar-refractivity contribution in [2.45, 2.75) is 26.3 Å². The second kappa shape index (κ2) is 7.74. The smallest absolute Gasteiger partial charge is 0.339 e. The Morgan fingerprint density at radius 2 is 1.96 bits per heavy atom. The van der Waals surface area contributed by atoms with Crippen molar-refractivity contribution in [1.82, 2.24) is 19.5 Å². The number of nitrogens with zero attached hydrogens (tertiary/aromatic N) is 4. The number of carbonyl (C=O) groups is 1. The van der Waals surface area contributed by atoms with E-state index in [0.29, 0.717) is 11.5 Å². The molecule has 26 heavy (non-hydrogen) atoms. The maximum absolute atomic E-state index is 11.3. The molecule has 0 saturated carbocycles. The summed E-state index contributed by atoms with van der Waals surface area (Å²) in [4.78, 5) is 24.2. The molecule has 0 radical (unpaired) electrons. The molecule has 2 heterocycles. The lowest BCUT2D eigenvalue weighted by Gasteiger charge is -2.08. The SMILES string of the molecule is CC(C)c1nc(/C=C/c2nccn2Cc2ccccc2)ncc1C(=O)O. The van der Waals surface area contributed by atoms with E-state index < -0.39 is 5.97 Å². The number of rotatable bonds is 6. The van der Waals surface area contributed by atoms with Crippen LogP contribution in [0.15, 0.2) is 48.9 Å². The quantitative estimate of drug-likeness (QED) is 0.734. The van der Waals surface area contributed by atoms with Crippen molar-refractivity contribution < 1.29 is 9.90 Å². The van der Waals surface area contributed by atoms with Crippen molar-refractivity contribution in [3.05, 3.63) is 77.4 Å². The largest absolute Gasteiger partial charge is 0.478 e. The molecule has 132 valence electrons. The number of imidazole rings is 1. The van der Waals surface area contributed by atoms with E-state index in [1.54, 1.807) is 12.3 Å². The Morgan fingerprint density at radius 3 is 2.65 bits per heavy atom. The van der Waals surface area contributed by atoms with Gasteiger partial charge in [-0.05, 0) is 23.6 Å². The monoisotopic (exact) mass is 348 g/mol. The number of aromatic nitrogens is 4. The summed E-state index contributed by atoms with van der Waals surface area (Å²) in [6, 6.07) is 10.1. The van der Waals surface area contributed by atoms with E-state index in [2.05, 4.69) is 27.1 Å². The van der Waals surface area contributed by atoms with Crippen LogP contribution in [-0.2, 0) is 6.54 Å². The predicted molar refractivity (Wildman–Crippen MR) is 99.8 cm³/mol. The van der Waals surface area contributed by atoms with Gasteiger partial charge < -0.3 is 9.67 Å². The molecule has 0 aliphatic carbocycles. The standard InChI is InChI=1S/C20H20N4O2/c1-14(2)19-16(20(25)26)12-22-17(23-19)8-9-18-21-10-11-24(18)13-15-6-4-3-5-7-15/h3-12,14H,13H2,1-2H3,(H,25,26)/b9-8+. The van der Waals surface area contributed by atoms with Crippen molar-refractivity contribution >= 4 is 18.1 Å². The van der Waals surface area contributed by atoms with E-state index in [4.69, 9.17) is 0 Å². The van der Waals surface area contributed by atoms with Gasteiger partial charge >= 0.3 is 5.97 Å². The van der Waals surface area contributed by atoms with Crippen LogP contribution in [0, 0.1) is 0 Å². The van der Waals surface area contributed by atoms with Crippen LogP contribution in [0.25, 0.3) is 12.2 Å². The molecule has 3 rings (SSSR count). The van der Waals surface area contributed by atoms with Gasteiger partial charge in [0.05, 0.1) is 11.3 Å². The molecule has 0 aliphatic heterocycles. The summed E-state index contributed by atoms with van der Waals surface area (Å²) in [6.45, 7) is 4.54. The Labute approximate surface area is 151 Å². The van der Waals surface area contributed by atoms with Crippen LogP contribution in [0.3, 0.4) is 0 Å². The highest BCUT2D eigenvalue weighted by molar-refractivity contribution is 5.88. The predicted octanol–water partition coefficient (Wildman–Crippen LogP) is 3.71. The minimum atomic E-state index is -1.01. The maximum Gasteiger partial charge on any atom is 0.339 e. The molecule has 0 spiro atoms. The number of hydrogen-bond acceptors (Lipinski definition) is 4. The molecule has 0 saturated heterocycles. The summed E-state index contributed by atoms with van der Waals surface area (Å²) >= 11 is 0. The summed E-state index contributed by atoms with van der Waals surface area (Å²) in [6.07, 6.45) is 8.61. The average molecular weight is 348 g/mol. The van der Waals surface area contributed by atoms with Crippen molar-refractivity contribution in [3.63, 3.8) is 0 Å². The second-order valence-corrected chi connectivity index (χ2v) is 6.22. The molecule has 2 aromatic heterocycles. The molecule has 6 heteroatoms. The van der Waals surface area contributed by atoms with E-state index in [1.165, 1.54) is 11.8 Å². The van der Waals surface area contributed by atoms with Gasteiger partial charge in [0.2, 0.25) is 0 Å². The van der Waals surface area contributed by atoms with Gasteiger partial charge in [0.1, 0.15) is 5.82 Å². The number of aromatic carboxylic acids is 1. The van der Waals surface area contributed by atoms with E-state index in [1.807, 2.05) is 48.9 Å². The molecule has 1 aromatic carbocycles. The molecule has 0 atom stereocenters. The van der Waals surface area contributed by atoms with Gasteiger partial charge in [0.15, 0.2) is 5.82 Å². The fraction of sp³-hybridized carbons (Fsp3) is 0.200. The molecular formula is C20H20N4O2. The number of benzene rings is 1. The average Bonchev–Trinajstić information content (AvgIpc) is 3.07. The number of carboxylic acids is 1. The van der Waals surface area contributed by atoms with Crippen LogP contribution >= 0.6 is 0 Å². The first-order valence-electron chi connectivity index (χ1n) is 8.38. The molecule has 1 N–H and O–H groups in total. The summed E-state index contributed by atoms with van der Waals surface area (Å²) in [7, 11) is 0. The summed E-state index contributed by atoms with van der Waals surface area (Å²) in [5, 5.41) is 9.25. The van der Waals surface area contributed by atoms with Crippen molar-refractivity contribution in [3.8, 4) is 0 Å². The highest BCUT2D eigenvalue weighted by Gasteiger charge is 2.15. The van der Waals surface area contributed by atoms with Crippen molar-refractivity contribution in [2.75, 3.05) is 0 Å². The van der Waals surface area contributed by atoms with Gasteiger partial charge in [-0.15, -0.1) is 0 Å². The van der Waals surface area contributed by atoms with Gasteiger partial charge in [-0.3, -0.25) is 0 Å². The van der Waals surface area contributed by atoms with E-state index in [0.717, 1.165) is 12.4 Å². The summed E-state index contributed by atoms with van der Waals surface area (Å²) < 4.78 is 2.03. The molecule has 0 aliphatic rings. The molecular weight excluding hydrogens is 328 g/mol. The highest BCUT2D eigenvalue weighted by Crippen LogP contribution is 2.17. The Balaban J connectivity index is 1.84. The Bertz CT molecular complexity index is 930. The third-order valence-corrected chi connectivity index (χ3v) is 3.94. The first-order valence-corrected chi connectivity index (χ1v) is 8.38. The number of carboxylic acid groups (broad SMARTS) is 1. The second-order valence-electron chi connectivity index (χ2n) is 6.22. The van der Waals surface area contributed by atoms with Crippen LogP contribution in [-0.4, -0.2) is 30.6 Å². The zero-order chi connectivity index (χ0) is 18.5. The molecule has 3 aromatic rings. The van der Waals surface area contributed by atoms with Gasteiger partial charge in [0.25, 0.3) is 0 Å². The van der Waals surface area contributed by atoms with Gasteiger partial charge in [-0.1, -0.05) is 44.2 Å². The number of hydrogen-bond donors (Lipinski definition) is 1. The van der Waals surface area contributed by atoms with E-state index >= 15 is 0 Å². The summed E-state index contributed by atoms with van der Waals surface area (Å²) in [5.74, 6) is 0.234. The minimum Gasteiger partial charge on any atom is -0.478 e. The van der Waals surface area contributed by atoms with Crippen LogP contribution in [0.1, 0.15) is 53.0 Å². The van der Waals surface area contributed by atoms with Gasteiger partial charge in [0, 0.05) is 25.1 Å². The summed E-state index contributed by atoms with van der Waals surface area (Å²) in [5.41, 5.74) is 1.85. The van der Waals surface area contributed by atoms with Crippen molar-refractivity contribution in [1.29, 1.82) is 0 Å². The third-order valence-electron chi connectivity index (χ3n) is 3.94. The molecule has 6 nitrogen and oxygen atoms in total. The van der Waals surface area contributed by atoms with Crippen LogP contribution < -0.4 is 0 Å². The minimum absolute atomic E-state index is 0.00341. The van der Waals surface area contributed by atoms with E-state index in [9.17, 15) is 9.90 Å². The lowest BCUT2D eigenvalue weighted by molar-refractivity contribution is 0.0694. The fourth-order valence-electron chi connectivity index (χ4n) is 2.64. The molecule has 0 fully saturated rings. The first kappa shape index (κ1) is 17.5. The Hall–Kier alpha value is -3.28. The van der Waals surface area contributed by atoms with Gasteiger partial charge in [-0.25, -0.2) is 19.7 Å². The highest BCUT2D eigenvalue weighted by atomic mass is 16.4. The fourth-order valence-corrected chi connectivity index (χ4v) is 2.64. The van der Waals surface area contributed by atoms with Crippen LogP contribution in [0.5, 0.6) is 0 Å². The Kier molecular flexibility index (Phi) is 5.22. The van der Waals surface area contributed by atoms with Gasteiger partial charge in [-0.2, -0.15) is 0 Å². The zero-order valence-electron chi connectivity index (χ0n) is 14.7. The zero-order valence-corrected chi connectivity index (χ0v) is 14.7. The lowest BCUT2D eigenvalue weighted by atomic mass is 10.1. The van der Waals surface area contributed by atoms with Crippen molar-refractivity contribution in [2.24, 2.45) is 0 Å².